The van der Waals surface area contributed by atoms with E-state index < -0.39 is 35.5 Å². The number of carboxylic acid groups (broad SMARTS) is 1. The third-order valence-electron chi connectivity index (χ3n) is 7.44. The number of likely N-dealkylation sites (tertiary alicyclic amines) is 1. The quantitative estimate of drug-likeness (QED) is 0.182. The van der Waals surface area contributed by atoms with Crippen molar-refractivity contribution in [3.05, 3.63) is 44.7 Å². The number of fused-ring (bicyclic) bond motifs is 1. The predicted molar refractivity (Wildman–Crippen MR) is 179 cm³/mol. The number of nitrogens with zero attached hydrogens (tertiary/aromatic N) is 5. The molecular formula is C29H34ClN7O7S3. The number of allylic oxidation sites excluding steroid dienone is 1. The molecule has 3 amide bonds. The topological polar surface area (TPSA) is 190 Å². The Kier molecular flexibility index (Phi) is 10.6. The number of pyridine rings is 1. The highest BCUT2D eigenvalue weighted by atomic mass is 35.5. The molecule has 3 aliphatic rings. The van der Waals surface area contributed by atoms with Crippen molar-refractivity contribution in [2.75, 3.05) is 25.9 Å². The van der Waals surface area contributed by atoms with Gasteiger partial charge in [-0.25, -0.2) is 14.6 Å². The van der Waals surface area contributed by atoms with Crippen molar-refractivity contribution in [3.63, 3.8) is 0 Å². The van der Waals surface area contributed by atoms with E-state index in [9.17, 15) is 24.3 Å². The molecule has 18 heteroatoms. The minimum Gasteiger partial charge on any atom is -0.477 e. The Bertz CT molecular complexity index is 1640. The van der Waals surface area contributed by atoms with Crippen LogP contribution in [0.15, 0.2) is 39.0 Å². The maximum absolute atomic E-state index is 13.3. The summed E-state index contributed by atoms with van der Waals surface area (Å²) in [5.41, 5.74) is 5.58. The third-order valence-corrected chi connectivity index (χ3v) is 11.1. The highest BCUT2D eigenvalue weighted by Gasteiger charge is 2.54. The Morgan fingerprint density at radius 3 is 2.72 bits per heavy atom. The molecule has 5 heterocycles. The second-order valence-corrected chi connectivity index (χ2v) is 15.9. The first-order chi connectivity index (χ1) is 22.3. The molecule has 2 saturated heterocycles. The number of carbonyl (C=O) groups excluding carboxylic acids is 3. The molecule has 14 nitrogen and oxygen atoms in total. The Hall–Kier alpha value is -3.54. The van der Waals surface area contributed by atoms with E-state index in [0.29, 0.717) is 36.6 Å². The molecule has 3 aliphatic heterocycles. The molecule has 0 spiro atoms. The number of nitrogens with one attached hydrogen (secondary N) is 1. The number of thiazole rings is 1. The van der Waals surface area contributed by atoms with Gasteiger partial charge in [-0.05, 0) is 52.2 Å². The fraction of sp³-hybridized carbons (Fsp3) is 0.483. The Labute approximate surface area is 288 Å². The summed E-state index contributed by atoms with van der Waals surface area (Å²) in [4.78, 5) is 69.1. The number of ether oxygens (including phenoxy) is 1. The van der Waals surface area contributed by atoms with E-state index in [0.717, 1.165) is 28.3 Å². The summed E-state index contributed by atoms with van der Waals surface area (Å²) in [6.07, 6.45) is 2.98. The summed E-state index contributed by atoms with van der Waals surface area (Å²) in [6, 6.07) is 2.12. The van der Waals surface area contributed by atoms with Gasteiger partial charge in [0.15, 0.2) is 10.8 Å². The Morgan fingerprint density at radius 1 is 1.30 bits per heavy atom. The molecule has 3 unspecified atom stereocenters. The summed E-state index contributed by atoms with van der Waals surface area (Å²) in [7, 11) is 1.25. The van der Waals surface area contributed by atoms with Gasteiger partial charge in [0.2, 0.25) is 0 Å². The molecule has 252 valence electrons. The number of aromatic nitrogens is 2. The monoisotopic (exact) mass is 723 g/mol. The lowest BCUT2D eigenvalue weighted by atomic mass is 9.86. The smallest absolute Gasteiger partial charge is 0.410 e. The average Bonchev–Trinajstić information content (AvgIpc) is 3.62. The molecule has 3 atom stereocenters. The van der Waals surface area contributed by atoms with Gasteiger partial charge in [-0.1, -0.05) is 39.9 Å². The van der Waals surface area contributed by atoms with Crippen molar-refractivity contribution < 1.29 is 33.9 Å². The van der Waals surface area contributed by atoms with Crippen LogP contribution in [0.2, 0.25) is 4.34 Å². The van der Waals surface area contributed by atoms with Crippen LogP contribution in [0.4, 0.5) is 9.93 Å². The number of aliphatic carboxylic acids is 1. The van der Waals surface area contributed by atoms with E-state index in [4.69, 9.17) is 26.9 Å². The number of carboxylic acids is 1. The average molecular weight is 724 g/mol. The van der Waals surface area contributed by atoms with Gasteiger partial charge < -0.3 is 30.6 Å². The number of nitrogens with two attached hydrogens (primary N) is 1. The number of rotatable bonds is 10. The van der Waals surface area contributed by atoms with Crippen molar-refractivity contribution >= 4 is 81.2 Å². The van der Waals surface area contributed by atoms with Gasteiger partial charge >= 0.3 is 12.1 Å². The van der Waals surface area contributed by atoms with E-state index >= 15 is 0 Å². The van der Waals surface area contributed by atoms with Crippen LogP contribution in [-0.2, 0) is 29.7 Å². The van der Waals surface area contributed by atoms with E-state index in [2.05, 4.69) is 20.4 Å². The maximum Gasteiger partial charge on any atom is 0.410 e. The molecule has 4 N–H and O–H groups in total. The van der Waals surface area contributed by atoms with Gasteiger partial charge in [0, 0.05) is 40.1 Å². The number of nitrogen functional groups attached to an aromatic ring is 1. The predicted octanol–water partition coefficient (Wildman–Crippen LogP) is 3.94. The normalized spacial score (nSPS) is 21.3. The maximum atomic E-state index is 13.3. The van der Waals surface area contributed by atoms with Crippen LogP contribution >= 0.6 is 46.5 Å². The van der Waals surface area contributed by atoms with Crippen molar-refractivity contribution in [2.24, 2.45) is 5.16 Å². The first-order valence-electron chi connectivity index (χ1n) is 14.6. The largest absolute Gasteiger partial charge is 0.477 e. The molecule has 5 rings (SSSR count). The molecular weight excluding hydrogens is 690 g/mol. The molecule has 47 heavy (non-hydrogen) atoms. The first kappa shape index (κ1) is 34.8. The summed E-state index contributed by atoms with van der Waals surface area (Å²) >= 11 is 10.1. The fourth-order valence-electron chi connectivity index (χ4n) is 5.39. The van der Waals surface area contributed by atoms with Crippen LogP contribution < -0.4 is 11.1 Å². The number of amides is 3. The Morgan fingerprint density at radius 2 is 2.06 bits per heavy atom. The number of hydrogen-bond acceptors (Lipinski definition) is 13. The minimum absolute atomic E-state index is 0.0179. The second kappa shape index (κ2) is 14.3. The summed E-state index contributed by atoms with van der Waals surface area (Å²) < 4.78 is 5.63. The Balaban J connectivity index is 1.25. The van der Waals surface area contributed by atoms with Gasteiger partial charge in [-0.3, -0.25) is 19.5 Å². The highest BCUT2D eigenvalue weighted by molar-refractivity contribution is 8.03. The zero-order chi connectivity index (χ0) is 34.0. The zero-order valence-corrected chi connectivity index (χ0v) is 29.2. The van der Waals surface area contributed by atoms with Gasteiger partial charge in [-0.15, -0.1) is 0 Å². The molecule has 2 fully saturated rings. The number of oxime groups is 1. The van der Waals surface area contributed by atoms with Crippen molar-refractivity contribution in [1.29, 1.82) is 0 Å². The van der Waals surface area contributed by atoms with Gasteiger partial charge in [0.25, 0.3) is 11.8 Å². The van der Waals surface area contributed by atoms with Crippen molar-refractivity contribution in [3.8, 4) is 0 Å². The van der Waals surface area contributed by atoms with Crippen LogP contribution in [0, 0.1) is 0 Å². The number of anilines is 1. The fourth-order valence-corrected chi connectivity index (χ4v) is 8.75. The molecule has 0 bridgehead atoms. The van der Waals surface area contributed by atoms with Gasteiger partial charge in [-0.2, -0.15) is 11.8 Å². The molecule has 0 radical (unpaired) electrons. The lowest BCUT2D eigenvalue weighted by Crippen LogP contribution is -2.72. The standard InChI is InChI=1S/C29H34ClN7O7S3/c1-29(2,3)44-28(42)36-11-9-14(12-36)45-13-15-17(6-5-10-32-15)46-18-8-7-16-19(25(39)37(16)22(18)26(40)41)33-24(38)21(35-43-4)20-23(30)47-27(31)34-20/h5-6,10,14,16,19H,7-9,11-13H2,1-4H3,(H2,31,34)(H,33,38)(H,40,41)/b35-21-. The van der Waals surface area contributed by atoms with Crippen LogP contribution in [0.5, 0.6) is 0 Å². The second-order valence-electron chi connectivity index (χ2n) is 11.8. The van der Waals surface area contributed by atoms with Crippen LogP contribution in [-0.4, -0.2) is 97.6 Å². The van der Waals surface area contributed by atoms with Crippen LogP contribution in [0.1, 0.15) is 51.4 Å². The summed E-state index contributed by atoms with van der Waals surface area (Å²) in [5, 5.41) is 16.9. The first-order valence-corrected chi connectivity index (χ1v) is 17.7. The van der Waals surface area contributed by atoms with Crippen LogP contribution in [0.25, 0.3) is 0 Å². The van der Waals surface area contributed by atoms with E-state index in [1.807, 2.05) is 26.8 Å². The molecule has 0 saturated carbocycles. The van der Waals surface area contributed by atoms with E-state index in [1.165, 1.54) is 23.8 Å². The van der Waals surface area contributed by atoms with Crippen LogP contribution in [0.3, 0.4) is 0 Å². The number of thioether (sulfide) groups is 2. The third kappa shape index (κ3) is 7.79. The number of β-lactam (4-membered cyclic amide) rings is 1. The van der Waals surface area contributed by atoms with Gasteiger partial charge in [0.1, 0.15) is 34.5 Å². The summed E-state index contributed by atoms with van der Waals surface area (Å²) in [6.45, 7) is 6.71. The van der Waals surface area contributed by atoms with E-state index in [1.54, 1.807) is 28.9 Å². The SMILES string of the molecule is CO/N=C(\C(=O)NC1C(=O)N2C(C(=O)O)=C(Sc3cccnc3CSC3CCN(C(=O)OC(C)(C)C)C3)CCC12)c1nc(N)sc1Cl. The van der Waals surface area contributed by atoms with E-state index in [-0.39, 0.29) is 37.9 Å². The van der Waals surface area contributed by atoms with Gasteiger partial charge in [0.05, 0.1) is 11.7 Å². The lowest BCUT2D eigenvalue weighted by molar-refractivity contribution is -0.155. The van der Waals surface area contributed by atoms with Crippen molar-refractivity contribution in [1.82, 2.24) is 25.1 Å². The molecule has 0 aliphatic carbocycles. The van der Waals surface area contributed by atoms with Crippen molar-refractivity contribution in [2.45, 2.75) is 73.6 Å². The highest BCUT2D eigenvalue weighted by Crippen LogP contribution is 2.44. The molecule has 2 aromatic heterocycles. The summed E-state index contributed by atoms with van der Waals surface area (Å²) in [5.74, 6) is -2.00. The molecule has 0 aromatic carbocycles. The number of carbonyl (C=O) groups is 4. The molecule has 2 aromatic rings. The minimum atomic E-state index is -1.24. The number of halogens is 1. The zero-order valence-electron chi connectivity index (χ0n) is 26.0. The lowest BCUT2D eigenvalue weighted by Gasteiger charge is -2.50. The number of hydrogen-bond donors (Lipinski definition) is 3.